The van der Waals surface area contributed by atoms with Crippen LogP contribution >= 0.6 is 12.2 Å². The van der Waals surface area contributed by atoms with Crippen LogP contribution in [0.2, 0.25) is 0 Å². The first-order valence-corrected chi connectivity index (χ1v) is 9.03. The van der Waals surface area contributed by atoms with Crippen molar-refractivity contribution in [2.75, 3.05) is 38.3 Å². The van der Waals surface area contributed by atoms with E-state index in [-0.39, 0.29) is 5.75 Å². The molecule has 0 aliphatic carbocycles. The highest BCUT2D eigenvalue weighted by atomic mass is 32.2. The van der Waals surface area contributed by atoms with Gasteiger partial charge in [-0.3, -0.25) is 0 Å². The first-order valence-electron chi connectivity index (χ1n) is 7.02. The molecule has 0 aliphatic rings. The Bertz CT molecular complexity index is 591. The molecular weight excluding hydrogens is 322 g/mol. The molecule has 0 amide bonds. The number of sulfonamides is 1. The van der Waals surface area contributed by atoms with E-state index < -0.39 is 10.0 Å². The maximum absolute atomic E-state index is 11.6. The molecule has 0 saturated heterocycles. The monoisotopic (exact) mass is 345 g/mol. The van der Waals surface area contributed by atoms with Gasteiger partial charge < -0.3 is 15.4 Å². The molecule has 0 heterocycles. The Morgan fingerprint density at radius 1 is 1.41 bits per heavy atom. The molecule has 1 rings (SSSR count). The van der Waals surface area contributed by atoms with E-state index in [2.05, 4.69) is 10.6 Å². The first kappa shape index (κ1) is 18.7. The van der Waals surface area contributed by atoms with E-state index in [0.29, 0.717) is 24.6 Å². The Morgan fingerprint density at radius 3 is 2.77 bits per heavy atom. The van der Waals surface area contributed by atoms with Crippen LogP contribution in [-0.2, 0) is 10.0 Å². The fraction of sp³-hybridized carbons (Fsp3) is 0.500. The third-order valence-electron chi connectivity index (χ3n) is 3.10. The fourth-order valence-electron chi connectivity index (χ4n) is 1.74. The molecule has 0 bridgehead atoms. The van der Waals surface area contributed by atoms with Gasteiger partial charge in [-0.1, -0.05) is 6.07 Å². The lowest BCUT2D eigenvalue weighted by Crippen LogP contribution is -2.33. The van der Waals surface area contributed by atoms with Crippen LogP contribution in [0.3, 0.4) is 0 Å². The van der Waals surface area contributed by atoms with E-state index in [1.807, 2.05) is 24.3 Å². The zero-order chi connectivity index (χ0) is 16.6. The highest BCUT2D eigenvalue weighted by molar-refractivity contribution is 7.89. The molecular formula is C14H23N3O3S2. The number of methoxy groups -OCH3 is 1. The molecule has 1 aromatic carbocycles. The van der Waals surface area contributed by atoms with Crippen LogP contribution in [0.1, 0.15) is 13.3 Å². The summed E-state index contributed by atoms with van der Waals surface area (Å²) in [6, 6.07) is 7.45. The van der Waals surface area contributed by atoms with Gasteiger partial charge in [-0.25, -0.2) is 12.7 Å². The third-order valence-corrected chi connectivity index (χ3v) is 5.21. The molecule has 1 aromatic rings. The summed E-state index contributed by atoms with van der Waals surface area (Å²) in [7, 11) is 0.0847. The van der Waals surface area contributed by atoms with Crippen molar-refractivity contribution < 1.29 is 13.2 Å². The van der Waals surface area contributed by atoms with E-state index in [1.54, 1.807) is 21.1 Å². The second-order valence-electron chi connectivity index (χ2n) is 4.69. The number of hydrogen-bond donors (Lipinski definition) is 2. The maximum atomic E-state index is 11.6. The summed E-state index contributed by atoms with van der Waals surface area (Å²) < 4.78 is 29.7. The summed E-state index contributed by atoms with van der Waals surface area (Å²) >= 11 is 5.20. The van der Waals surface area contributed by atoms with Crippen molar-refractivity contribution in [2.24, 2.45) is 0 Å². The van der Waals surface area contributed by atoms with Crippen molar-refractivity contribution in [1.82, 2.24) is 9.62 Å². The molecule has 6 nitrogen and oxygen atoms in total. The van der Waals surface area contributed by atoms with Gasteiger partial charge in [0.15, 0.2) is 5.11 Å². The van der Waals surface area contributed by atoms with Crippen molar-refractivity contribution in [3.05, 3.63) is 24.3 Å². The molecule has 0 unspecified atom stereocenters. The summed E-state index contributed by atoms with van der Waals surface area (Å²) in [5, 5.41) is 6.60. The molecule has 0 spiro atoms. The third kappa shape index (κ3) is 6.17. The Hall–Kier alpha value is -1.38. The number of rotatable bonds is 8. The van der Waals surface area contributed by atoms with E-state index in [9.17, 15) is 8.42 Å². The van der Waals surface area contributed by atoms with E-state index in [1.165, 1.54) is 4.31 Å². The van der Waals surface area contributed by atoms with Crippen molar-refractivity contribution >= 4 is 33.0 Å². The predicted octanol–water partition coefficient (Wildman–Crippen LogP) is 1.65. The number of ether oxygens (including phenoxy) is 1. The molecule has 0 aromatic heterocycles. The summed E-state index contributed by atoms with van der Waals surface area (Å²) in [4.78, 5) is 0. The lowest BCUT2D eigenvalue weighted by Gasteiger charge is -2.16. The minimum Gasteiger partial charge on any atom is -0.497 e. The molecule has 0 atom stereocenters. The molecule has 2 N–H and O–H groups in total. The predicted molar refractivity (Wildman–Crippen MR) is 93.9 cm³/mol. The highest BCUT2D eigenvalue weighted by Crippen LogP contribution is 2.16. The van der Waals surface area contributed by atoms with Crippen molar-refractivity contribution in [2.45, 2.75) is 13.3 Å². The number of nitrogens with one attached hydrogen (secondary N) is 2. The molecule has 0 radical (unpaired) electrons. The summed E-state index contributed by atoms with van der Waals surface area (Å²) in [6.45, 7) is 2.70. The quantitative estimate of drug-likeness (QED) is 0.551. The highest BCUT2D eigenvalue weighted by Gasteiger charge is 2.13. The maximum Gasteiger partial charge on any atom is 0.213 e. The average Bonchev–Trinajstić information content (AvgIpc) is 2.51. The van der Waals surface area contributed by atoms with Crippen LogP contribution in [0.5, 0.6) is 5.75 Å². The lowest BCUT2D eigenvalue weighted by molar-refractivity contribution is 0.415. The largest absolute Gasteiger partial charge is 0.497 e. The Labute approximate surface area is 137 Å². The first-order chi connectivity index (χ1) is 10.4. The average molecular weight is 345 g/mol. The van der Waals surface area contributed by atoms with Gasteiger partial charge in [0.2, 0.25) is 10.0 Å². The number of thiocarbonyl (C=S) groups is 1. The molecule has 8 heteroatoms. The Morgan fingerprint density at radius 2 is 2.14 bits per heavy atom. The minimum absolute atomic E-state index is 0.118. The van der Waals surface area contributed by atoms with Gasteiger partial charge >= 0.3 is 0 Å². The summed E-state index contributed by atoms with van der Waals surface area (Å²) in [5.74, 6) is 0.867. The number of hydrogen-bond acceptors (Lipinski definition) is 4. The van der Waals surface area contributed by atoms with Gasteiger partial charge in [-0.15, -0.1) is 0 Å². The van der Waals surface area contributed by atoms with Crippen LogP contribution in [0.15, 0.2) is 24.3 Å². The van der Waals surface area contributed by atoms with Crippen LogP contribution < -0.4 is 15.4 Å². The molecule has 124 valence electrons. The van der Waals surface area contributed by atoms with E-state index in [4.69, 9.17) is 17.0 Å². The molecule has 0 saturated carbocycles. The molecule has 22 heavy (non-hydrogen) atoms. The van der Waals surface area contributed by atoms with Crippen molar-refractivity contribution in [3.8, 4) is 5.75 Å². The fourth-order valence-corrected chi connectivity index (χ4v) is 2.81. The van der Waals surface area contributed by atoms with Gasteiger partial charge in [-0.05, 0) is 37.7 Å². The lowest BCUT2D eigenvalue weighted by atomic mass is 10.3. The summed E-state index contributed by atoms with van der Waals surface area (Å²) in [6.07, 6.45) is 0.676. The standard InChI is InChI=1S/C14H23N3O3S2/c1-4-22(18,19)17(2)10-6-9-15-14(21)16-12-7-5-8-13(11-12)20-3/h5,7-8,11H,4,6,9-10H2,1-3H3,(H2,15,16,21). The zero-order valence-electron chi connectivity index (χ0n) is 13.1. The van der Waals surface area contributed by atoms with Crippen molar-refractivity contribution in [3.63, 3.8) is 0 Å². The second kappa shape index (κ2) is 8.92. The molecule has 0 aliphatic heterocycles. The smallest absolute Gasteiger partial charge is 0.213 e. The molecule has 0 fully saturated rings. The normalized spacial score (nSPS) is 11.3. The van der Waals surface area contributed by atoms with E-state index >= 15 is 0 Å². The summed E-state index contributed by atoms with van der Waals surface area (Å²) in [5.41, 5.74) is 0.836. The van der Waals surface area contributed by atoms with Crippen LogP contribution in [0, 0.1) is 0 Å². The van der Waals surface area contributed by atoms with Gasteiger partial charge in [0.25, 0.3) is 0 Å². The SMILES string of the molecule is CCS(=O)(=O)N(C)CCCNC(=S)Nc1cccc(OC)c1. The Kier molecular flexibility index (Phi) is 7.57. The minimum atomic E-state index is -3.11. The zero-order valence-corrected chi connectivity index (χ0v) is 14.8. The van der Waals surface area contributed by atoms with Crippen LogP contribution in [0.25, 0.3) is 0 Å². The number of benzene rings is 1. The van der Waals surface area contributed by atoms with E-state index in [0.717, 1.165) is 11.4 Å². The van der Waals surface area contributed by atoms with Crippen LogP contribution in [0.4, 0.5) is 5.69 Å². The van der Waals surface area contributed by atoms with Gasteiger partial charge in [0, 0.05) is 31.9 Å². The van der Waals surface area contributed by atoms with Crippen molar-refractivity contribution in [1.29, 1.82) is 0 Å². The number of nitrogens with zero attached hydrogens (tertiary/aromatic N) is 1. The van der Waals surface area contributed by atoms with Gasteiger partial charge in [0.1, 0.15) is 5.75 Å². The second-order valence-corrected chi connectivity index (χ2v) is 7.46. The van der Waals surface area contributed by atoms with Gasteiger partial charge in [0.05, 0.1) is 12.9 Å². The number of anilines is 1. The van der Waals surface area contributed by atoms with Gasteiger partial charge in [-0.2, -0.15) is 0 Å². The van der Waals surface area contributed by atoms with Crippen LogP contribution in [-0.4, -0.2) is 50.8 Å². The Balaban J connectivity index is 2.32. The topological polar surface area (TPSA) is 70.7 Å².